The van der Waals surface area contributed by atoms with Crippen molar-refractivity contribution in [3.63, 3.8) is 0 Å². The van der Waals surface area contributed by atoms with E-state index in [1.54, 1.807) is 0 Å². The van der Waals surface area contributed by atoms with Crippen molar-refractivity contribution in [1.29, 1.82) is 0 Å². The maximum atomic E-state index is 9.80. The average molecular weight is 222 g/mol. The highest BCUT2D eigenvalue weighted by Gasteiger charge is 2.13. The monoisotopic (exact) mass is 222 g/mol. The summed E-state index contributed by atoms with van der Waals surface area (Å²) in [5.74, 6) is 1.15. The molecule has 0 aromatic heterocycles. The van der Waals surface area contributed by atoms with Gasteiger partial charge in [-0.1, -0.05) is 38.0 Å². The van der Waals surface area contributed by atoms with Crippen molar-refractivity contribution < 1.29 is 9.84 Å². The summed E-state index contributed by atoms with van der Waals surface area (Å²) in [5.41, 5.74) is 2.35. The fourth-order valence-electron chi connectivity index (χ4n) is 1.57. The Kier molecular flexibility index (Phi) is 4.81. The predicted octanol–water partition coefficient (Wildman–Crippen LogP) is 3.09. The molecule has 0 spiro atoms. The van der Waals surface area contributed by atoms with E-state index in [1.165, 1.54) is 5.56 Å². The molecule has 2 heteroatoms. The van der Waals surface area contributed by atoms with Crippen molar-refractivity contribution in [3.05, 3.63) is 29.3 Å². The Bertz CT molecular complexity index is 334. The van der Waals surface area contributed by atoms with Crippen LogP contribution in [0.3, 0.4) is 0 Å². The molecule has 1 aromatic rings. The van der Waals surface area contributed by atoms with Crippen LogP contribution in [0.5, 0.6) is 5.75 Å². The number of benzene rings is 1. The first kappa shape index (κ1) is 13.0. The third-order valence-corrected chi connectivity index (χ3v) is 3.04. The van der Waals surface area contributed by atoms with Crippen LogP contribution in [0, 0.1) is 19.8 Å². The van der Waals surface area contributed by atoms with Crippen molar-refractivity contribution in [2.45, 2.75) is 40.2 Å². The van der Waals surface area contributed by atoms with Crippen molar-refractivity contribution in [3.8, 4) is 5.75 Å². The van der Waals surface area contributed by atoms with E-state index in [-0.39, 0.29) is 12.0 Å². The molecule has 1 rings (SSSR count). The highest BCUT2D eigenvalue weighted by molar-refractivity contribution is 5.35. The van der Waals surface area contributed by atoms with E-state index < -0.39 is 0 Å². The van der Waals surface area contributed by atoms with Gasteiger partial charge in [0, 0.05) is 0 Å². The average Bonchev–Trinajstić information content (AvgIpc) is 2.26. The minimum Gasteiger partial charge on any atom is -0.491 e. The Morgan fingerprint density at radius 2 is 2.00 bits per heavy atom. The van der Waals surface area contributed by atoms with Gasteiger partial charge in [0.2, 0.25) is 0 Å². The first-order valence-electron chi connectivity index (χ1n) is 5.92. The molecular formula is C14H22O2. The summed E-state index contributed by atoms with van der Waals surface area (Å²) in [6.07, 6.45) is 0.586. The Morgan fingerprint density at radius 1 is 1.31 bits per heavy atom. The molecule has 0 aliphatic rings. The quantitative estimate of drug-likeness (QED) is 0.829. The van der Waals surface area contributed by atoms with Crippen LogP contribution in [0.1, 0.15) is 31.4 Å². The molecule has 0 amide bonds. The topological polar surface area (TPSA) is 29.5 Å². The van der Waals surface area contributed by atoms with Gasteiger partial charge in [0.1, 0.15) is 12.4 Å². The van der Waals surface area contributed by atoms with E-state index in [0.29, 0.717) is 6.61 Å². The van der Waals surface area contributed by atoms with Crippen LogP contribution in [0.15, 0.2) is 18.2 Å². The fraction of sp³-hybridized carbons (Fsp3) is 0.571. The summed E-state index contributed by atoms with van der Waals surface area (Å²) in [6.45, 7) is 8.57. The zero-order valence-electron chi connectivity index (χ0n) is 10.7. The molecule has 90 valence electrons. The maximum Gasteiger partial charge on any atom is 0.122 e. The standard InChI is InChI=1S/C14H22O2/c1-5-11(3)13(15)9-16-14-7-6-10(2)8-12(14)4/h6-8,11,13,15H,5,9H2,1-4H3. The van der Waals surface area contributed by atoms with Crippen molar-refractivity contribution in [1.82, 2.24) is 0 Å². The lowest BCUT2D eigenvalue weighted by Crippen LogP contribution is -2.25. The zero-order chi connectivity index (χ0) is 12.1. The minimum atomic E-state index is -0.384. The van der Waals surface area contributed by atoms with Gasteiger partial charge in [0.15, 0.2) is 0 Å². The molecule has 0 heterocycles. The summed E-state index contributed by atoms with van der Waals surface area (Å²) in [5, 5.41) is 9.80. The van der Waals surface area contributed by atoms with Gasteiger partial charge in [-0.3, -0.25) is 0 Å². The van der Waals surface area contributed by atoms with Crippen LogP contribution in [0.2, 0.25) is 0 Å². The van der Waals surface area contributed by atoms with Crippen molar-refractivity contribution in [2.75, 3.05) is 6.61 Å². The van der Waals surface area contributed by atoms with Crippen LogP contribution in [0.25, 0.3) is 0 Å². The number of hydrogen-bond acceptors (Lipinski definition) is 2. The second-order valence-corrected chi connectivity index (χ2v) is 4.53. The summed E-state index contributed by atoms with van der Waals surface area (Å²) in [4.78, 5) is 0. The van der Waals surface area contributed by atoms with Crippen LogP contribution < -0.4 is 4.74 Å². The molecule has 1 aromatic carbocycles. The molecule has 2 nitrogen and oxygen atoms in total. The van der Waals surface area contributed by atoms with Crippen molar-refractivity contribution in [2.24, 2.45) is 5.92 Å². The van der Waals surface area contributed by atoms with Gasteiger partial charge < -0.3 is 9.84 Å². The first-order valence-corrected chi connectivity index (χ1v) is 5.92. The van der Waals surface area contributed by atoms with Gasteiger partial charge in [0.05, 0.1) is 6.10 Å². The number of ether oxygens (including phenoxy) is 1. The van der Waals surface area contributed by atoms with Gasteiger partial charge >= 0.3 is 0 Å². The summed E-state index contributed by atoms with van der Waals surface area (Å²) in [6, 6.07) is 6.08. The molecule has 0 bridgehead atoms. The predicted molar refractivity (Wildman–Crippen MR) is 66.9 cm³/mol. The molecule has 0 saturated heterocycles. The van der Waals surface area contributed by atoms with Crippen LogP contribution >= 0.6 is 0 Å². The SMILES string of the molecule is CCC(C)C(O)COc1ccc(C)cc1C. The highest BCUT2D eigenvalue weighted by atomic mass is 16.5. The van der Waals surface area contributed by atoms with Crippen LogP contribution in [0.4, 0.5) is 0 Å². The normalized spacial score (nSPS) is 14.6. The van der Waals surface area contributed by atoms with E-state index in [1.807, 2.05) is 26.0 Å². The van der Waals surface area contributed by atoms with Gasteiger partial charge in [0.25, 0.3) is 0 Å². The van der Waals surface area contributed by atoms with Crippen molar-refractivity contribution >= 4 is 0 Å². The molecule has 0 saturated carbocycles. The maximum absolute atomic E-state index is 9.80. The van der Waals surface area contributed by atoms with Gasteiger partial charge in [-0.25, -0.2) is 0 Å². The smallest absolute Gasteiger partial charge is 0.122 e. The van der Waals surface area contributed by atoms with E-state index in [2.05, 4.69) is 19.9 Å². The summed E-state index contributed by atoms with van der Waals surface area (Å²) in [7, 11) is 0. The lowest BCUT2D eigenvalue weighted by molar-refractivity contribution is 0.0619. The van der Waals surface area contributed by atoms with E-state index >= 15 is 0 Å². The number of aryl methyl sites for hydroxylation is 2. The Hall–Kier alpha value is -1.02. The third-order valence-electron chi connectivity index (χ3n) is 3.04. The third kappa shape index (κ3) is 3.53. The number of aliphatic hydroxyl groups is 1. The molecule has 16 heavy (non-hydrogen) atoms. The van der Waals surface area contributed by atoms with Gasteiger partial charge in [-0.05, 0) is 31.4 Å². The minimum absolute atomic E-state index is 0.283. The number of hydrogen-bond donors (Lipinski definition) is 1. The summed E-state index contributed by atoms with van der Waals surface area (Å²) < 4.78 is 5.63. The molecule has 1 N–H and O–H groups in total. The molecular weight excluding hydrogens is 200 g/mol. The van der Waals surface area contributed by atoms with E-state index in [4.69, 9.17) is 4.74 Å². The Balaban J connectivity index is 2.54. The van der Waals surface area contributed by atoms with E-state index in [9.17, 15) is 5.11 Å². The van der Waals surface area contributed by atoms with Crippen LogP contribution in [-0.2, 0) is 0 Å². The number of aliphatic hydroxyl groups excluding tert-OH is 1. The van der Waals surface area contributed by atoms with Gasteiger partial charge in [-0.2, -0.15) is 0 Å². The first-order chi connectivity index (χ1) is 7.54. The highest BCUT2D eigenvalue weighted by Crippen LogP contribution is 2.19. The molecule has 0 aliphatic heterocycles. The lowest BCUT2D eigenvalue weighted by atomic mass is 10.0. The number of rotatable bonds is 5. The van der Waals surface area contributed by atoms with Gasteiger partial charge in [-0.15, -0.1) is 0 Å². The molecule has 0 radical (unpaired) electrons. The lowest BCUT2D eigenvalue weighted by Gasteiger charge is -2.18. The molecule has 0 fully saturated rings. The van der Waals surface area contributed by atoms with Crippen LogP contribution in [-0.4, -0.2) is 17.8 Å². The second-order valence-electron chi connectivity index (χ2n) is 4.53. The molecule has 2 unspecified atom stereocenters. The Morgan fingerprint density at radius 3 is 2.56 bits per heavy atom. The fourth-order valence-corrected chi connectivity index (χ4v) is 1.57. The summed E-state index contributed by atoms with van der Waals surface area (Å²) >= 11 is 0. The second kappa shape index (κ2) is 5.90. The molecule has 0 aliphatic carbocycles. The Labute approximate surface area is 98.3 Å². The molecule has 2 atom stereocenters. The zero-order valence-corrected chi connectivity index (χ0v) is 10.7. The van der Waals surface area contributed by atoms with E-state index in [0.717, 1.165) is 17.7 Å². The largest absolute Gasteiger partial charge is 0.491 e.